The van der Waals surface area contributed by atoms with Crippen molar-refractivity contribution in [2.24, 2.45) is 5.41 Å². The lowest BCUT2D eigenvalue weighted by atomic mass is 9.76. The Morgan fingerprint density at radius 1 is 1.36 bits per heavy atom. The van der Waals surface area contributed by atoms with Crippen LogP contribution in [-0.4, -0.2) is 58.8 Å². The second-order valence-corrected chi connectivity index (χ2v) is 9.64. The van der Waals surface area contributed by atoms with E-state index in [4.69, 9.17) is 4.74 Å². The van der Waals surface area contributed by atoms with E-state index in [0.29, 0.717) is 49.5 Å². The van der Waals surface area contributed by atoms with Gasteiger partial charge in [-0.2, -0.15) is 13.2 Å². The largest absolute Gasteiger partial charge is 0.417 e. The second kappa shape index (κ2) is 10.7. The van der Waals surface area contributed by atoms with Gasteiger partial charge in [-0.3, -0.25) is 9.78 Å². The Kier molecular flexibility index (Phi) is 8.40. The summed E-state index contributed by atoms with van der Waals surface area (Å²) in [4.78, 5) is 19.2. The van der Waals surface area contributed by atoms with Crippen LogP contribution in [0.15, 0.2) is 12.3 Å². The highest BCUT2D eigenvalue weighted by molar-refractivity contribution is 5.83. The van der Waals surface area contributed by atoms with Crippen molar-refractivity contribution in [1.29, 1.82) is 0 Å². The maximum atomic E-state index is 13.6. The molecule has 1 amide bonds. The molecule has 3 unspecified atom stereocenters. The summed E-state index contributed by atoms with van der Waals surface area (Å²) in [6.45, 7) is 7.65. The van der Waals surface area contributed by atoms with E-state index in [0.717, 1.165) is 38.3 Å². The number of nitrogens with zero attached hydrogens (tertiary/aromatic N) is 2. The third-order valence-corrected chi connectivity index (χ3v) is 7.10. The summed E-state index contributed by atoms with van der Waals surface area (Å²) >= 11 is 0. The molecule has 2 N–H and O–H groups in total. The molecular weight excluding hydrogens is 435 g/mol. The standard InChI is InChI=1S/C24H36F3N3O3/c1-4-21(31)23(3,9-5-16(2)29-19-7-11-33-12-8-19)22(32)30-10-6-20-17(15-30)13-18(14-28-20)24(25,26)27/h13-14,16,19,21,29,31H,4-12,15H2,1-3H3. The van der Waals surface area contributed by atoms with Crippen LogP contribution >= 0.6 is 0 Å². The average molecular weight is 472 g/mol. The maximum absolute atomic E-state index is 13.6. The molecule has 0 aliphatic carbocycles. The molecule has 33 heavy (non-hydrogen) atoms. The van der Waals surface area contributed by atoms with E-state index < -0.39 is 23.3 Å². The quantitative estimate of drug-likeness (QED) is 0.605. The molecule has 1 fully saturated rings. The molecule has 0 spiro atoms. The molecule has 1 aromatic heterocycles. The van der Waals surface area contributed by atoms with Crippen molar-refractivity contribution in [3.05, 3.63) is 29.1 Å². The number of hydrogen-bond donors (Lipinski definition) is 2. The van der Waals surface area contributed by atoms with Crippen LogP contribution in [0.5, 0.6) is 0 Å². The summed E-state index contributed by atoms with van der Waals surface area (Å²) in [6.07, 6.45) is -0.514. The number of halogens is 3. The molecule has 0 saturated carbocycles. The van der Waals surface area contributed by atoms with Crippen LogP contribution in [0.3, 0.4) is 0 Å². The lowest BCUT2D eigenvalue weighted by Crippen LogP contribution is -2.51. The van der Waals surface area contributed by atoms with Gasteiger partial charge in [-0.1, -0.05) is 6.92 Å². The molecule has 2 aliphatic rings. The van der Waals surface area contributed by atoms with Crippen LogP contribution < -0.4 is 5.32 Å². The van der Waals surface area contributed by atoms with Gasteiger partial charge in [0.25, 0.3) is 0 Å². The number of rotatable bonds is 8. The lowest BCUT2D eigenvalue weighted by Gasteiger charge is -2.40. The van der Waals surface area contributed by atoms with Crippen molar-refractivity contribution in [3.8, 4) is 0 Å². The van der Waals surface area contributed by atoms with E-state index in [9.17, 15) is 23.1 Å². The van der Waals surface area contributed by atoms with E-state index >= 15 is 0 Å². The fourth-order valence-electron chi connectivity index (χ4n) is 4.85. The minimum Gasteiger partial charge on any atom is -0.392 e. The Labute approximate surface area is 193 Å². The SMILES string of the molecule is CCC(O)C(C)(CCC(C)NC1CCOCC1)C(=O)N1CCc2ncc(C(F)(F)F)cc2C1. The molecular formula is C24H36F3N3O3. The Hall–Kier alpha value is -1.71. The summed E-state index contributed by atoms with van der Waals surface area (Å²) in [6, 6.07) is 1.65. The number of ether oxygens (including phenoxy) is 1. The number of amides is 1. The molecule has 6 nitrogen and oxygen atoms in total. The molecule has 2 aliphatic heterocycles. The van der Waals surface area contributed by atoms with Crippen LogP contribution in [0.2, 0.25) is 0 Å². The summed E-state index contributed by atoms with van der Waals surface area (Å²) in [5, 5.41) is 14.4. The average Bonchev–Trinajstić information content (AvgIpc) is 2.80. The van der Waals surface area contributed by atoms with Gasteiger partial charge < -0.3 is 20.1 Å². The van der Waals surface area contributed by atoms with Crippen LogP contribution in [0, 0.1) is 5.41 Å². The molecule has 1 saturated heterocycles. The zero-order valence-corrected chi connectivity index (χ0v) is 19.7. The predicted molar refractivity (Wildman–Crippen MR) is 118 cm³/mol. The van der Waals surface area contributed by atoms with Crippen molar-refractivity contribution in [3.63, 3.8) is 0 Å². The molecule has 1 aromatic rings. The molecule has 9 heteroatoms. The van der Waals surface area contributed by atoms with Crippen molar-refractivity contribution >= 4 is 5.91 Å². The predicted octanol–water partition coefficient (Wildman–Crippen LogP) is 3.70. The highest BCUT2D eigenvalue weighted by atomic mass is 19.4. The Morgan fingerprint density at radius 3 is 2.70 bits per heavy atom. The fraction of sp³-hybridized carbons (Fsp3) is 0.750. The van der Waals surface area contributed by atoms with Crippen LogP contribution in [0.1, 0.15) is 69.7 Å². The van der Waals surface area contributed by atoms with E-state index in [2.05, 4.69) is 17.2 Å². The summed E-state index contributed by atoms with van der Waals surface area (Å²) in [5.41, 5.74) is -0.793. The van der Waals surface area contributed by atoms with Crippen LogP contribution in [-0.2, 0) is 28.7 Å². The number of carbonyl (C=O) groups is 1. The van der Waals surface area contributed by atoms with Crippen molar-refractivity contribution < 1.29 is 27.8 Å². The number of aliphatic hydroxyl groups is 1. The first-order chi connectivity index (χ1) is 15.5. The second-order valence-electron chi connectivity index (χ2n) is 9.64. The van der Waals surface area contributed by atoms with Gasteiger partial charge in [0.1, 0.15) is 0 Å². The molecule has 3 atom stereocenters. The van der Waals surface area contributed by atoms with Crippen LogP contribution in [0.25, 0.3) is 0 Å². The number of nitrogens with one attached hydrogen (secondary N) is 1. The van der Waals surface area contributed by atoms with Gasteiger partial charge in [-0.25, -0.2) is 0 Å². The van der Waals surface area contributed by atoms with Gasteiger partial charge in [0.05, 0.1) is 17.1 Å². The zero-order chi connectivity index (χ0) is 24.2. The van der Waals surface area contributed by atoms with E-state index in [-0.39, 0.29) is 18.5 Å². The minimum absolute atomic E-state index is 0.0764. The first kappa shape index (κ1) is 25.9. The van der Waals surface area contributed by atoms with E-state index in [1.165, 1.54) is 0 Å². The molecule has 3 rings (SSSR count). The topological polar surface area (TPSA) is 74.7 Å². The molecule has 0 bridgehead atoms. The van der Waals surface area contributed by atoms with E-state index in [1.54, 1.807) is 11.8 Å². The number of alkyl halides is 3. The summed E-state index contributed by atoms with van der Waals surface area (Å²) in [7, 11) is 0. The third kappa shape index (κ3) is 6.25. The van der Waals surface area contributed by atoms with Gasteiger partial charge >= 0.3 is 6.18 Å². The summed E-state index contributed by atoms with van der Waals surface area (Å²) in [5.74, 6) is -0.210. The Bertz CT molecular complexity index is 814. The number of aromatic nitrogens is 1. The maximum Gasteiger partial charge on any atom is 0.417 e. The van der Waals surface area contributed by atoms with Crippen molar-refractivity contribution in [2.75, 3.05) is 19.8 Å². The molecule has 186 valence electrons. The molecule has 0 aromatic carbocycles. The normalized spacial score (nSPS) is 21.2. The van der Waals surface area contributed by atoms with Gasteiger partial charge in [0.15, 0.2) is 0 Å². The number of hydrogen-bond acceptors (Lipinski definition) is 5. The first-order valence-corrected chi connectivity index (χ1v) is 11.9. The number of fused-ring (bicyclic) bond motifs is 1. The highest BCUT2D eigenvalue weighted by Gasteiger charge is 2.43. The minimum atomic E-state index is -4.48. The third-order valence-electron chi connectivity index (χ3n) is 7.10. The first-order valence-electron chi connectivity index (χ1n) is 11.9. The Balaban J connectivity index is 1.69. The number of aliphatic hydroxyl groups excluding tert-OH is 1. The smallest absolute Gasteiger partial charge is 0.392 e. The van der Waals surface area contributed by atoms with Gasteiger partial charge in [0, 0.05) is 56.7 Å². The van der Waals surface area contributed by atoms with Crippen molar-refractivity contribution in [2.45, 2.75) is 90.2 Å². The highest BCUT2D eigenvalue weighted by Crippen LogP contribution is 2.36. The molecule has 3 heterocycles. The lowest BCUT2D eigenvalue weighted by molar-refractivity contribution is -0.150. The number of pyridine rings is 1. The van der Waals surface area contributed by atoms with Gasteiger partial charge in [0.2, 0.25) is 5.91 Å². The fourth-order valence-corrected chi connectivity index (χ4v) is 4.85. The Morgan fingerprint density at radius 2 is 2.06 bits per heavy atom. The van der Waals surface area contributed by atoms with Crippen molar-refractivity contribution in [1.82, 2.24) is 15.2 Å². The monoisotopic (exact) mass is 471 g/mol. The van der Waals surface area contributed by atoms with Crippen LogP contribution in [0.4, 0.5) is 13.2 Å². The van der Waals surface area contributed by atoms with E-state index in [1.807, 2.05) is 6.92 Å². The van der Waals surface area contributed by atoms with Gasteiger partial charge in [-0.15, -0.1) is 0 Å². The molecule has 0 radical (unpaired) electrons. The van der Waals surface area contributed by atoms with Gasteiger partial charge in [-0.05, 0) is 57.6 Å². The number of carbonyl (C=O) groups excluding carboxylic acids is 1. The summed E-state index contributed by atoms with van der Waals surface area (Å²) < 4.78 is 44.8. The zero-order valence-electron chi connectivity index (χ0n) is 19.7.